The number of nitrogens with zero attached hydrogens (tertiary/aromatic N) is 4. The Kier molecular flexibility index (Phi) is 7.63. The average molecular weight is 542 g/mol. The number of nitrogens with two attached hydrogens (primary N) is 1. The Morgan fingerprint density at radius 2 is 1.93 bits per heavy atom. The molecule has 3 aromatic heterocycles. The maximum atomic E-state index is 13.5. The number of hydrogen-bond acceptors (Lipinski definition) is 9. The van der Waals surface area contributed by atoms with Crippen molar-refractivity contribution in [3.05, 3.63) is 83.6 Å². The lowest BCUT2D eigenvalue weighted by molar-refractivity contribution is -0.126. The molecule has 206 valence electrons. The molecule has 5 rings (SSSR count). The number of hydrogen-bond donors (Lipinski definition) is 3. The van der Waals surface area contributed by atoms with Gasteiger partial charge in [-0.05, 0) is 18.4 Å². The van der Waals surface area contributed by atoms with Crippen molar-refractivity contribution in [2.45, 2.75) is 32.6 Å². The van der Waals surface area contributed by atoms with Crippen LogP contribution in [0.25, 0.3) is 16.5 Å². The Morgan fingerprint density at radius 1 is 1.18 bits per heavy atom. The Labute approximate surface area is 231 Å². The number of ketones is 1. The van der Waals surface area contributed by atoms with Crippen molar-refractivity contribution in [3.8, 4) is 5.75 Å². The van der Waals surface area contributed by atoms with Gasteiger partial charge in [-0.1, -0.05) is 49.8 Å². The van der Waals surface area contributed by atoms with E-state index in [0.717, 1.165) is 16.7 Å². The second-order valence-electron chi connectivity index (χ2n) is 9.70. The van der Waals surface area contributed by atoms with Crippen LogP contribution in [0.5, 0.6) is 5.75 Å². The fourth-order valence-electron chi connectivity index (χ4n) is 4.83. The number of ether oxygens (including phenoxy) is 1. The van der Waals surface area contributed by atoms with E-state index in [1.165, 1.54) is 31.9 Å². The number of carbonyl (C=O) groups excluding carboxylic acids is 2. The minimum absolute atomic E-state index is 0.108. The molecule has 0 spiro atoms. The molecule has 1 fully saturated rings. The molecule has 4 heterocycles. The molecule has 11 nitrogen and oxygen atoms in total. The maximum Gasteiger partial charge on any atom is 0.295 e. The molecule has 11 heteroatoms. The van der Waals surface area contributed by atoms with Crippen molar-refractivity contribution in [2.75, 3.05) is 25.5 Å². The highest BCUT2D eigenvalue weighted by molar-refractivity contribution is 6.45. The topological polar surface area (TPSA) is 152 Å². The first-order chi connectivity index (χ1) is 19.4. The van der Waals surface area contributed by atoms with Gasteiger partial charge in [-0.2, -0.15) is 0 Å². The van der Waals surface area contributed by atoms with E-state index in [0.29, 0.717) is 60.2 Å². The van der Waals surface area contributed by atoms with Gasteiger partial charge in [-0.3, -0.25) is 9.59 Å². The number of carbonyl (C=O) groups is 2. The second-order valence-corrected chi connectivity index (χ2v) is 9.70. The number of aromatic nitrogens is 4. The number of aromatic amines is 1. The van der Waals surface area contributed by atoms with Gasteiger partial charge in [-0.15, -0.1) is 10.2 Å². The summed E-state index contributed by atoms with van der Waals surface area (Å²) in [4.78, 5) is 35.8. The Balaban J connectivity index is 1.40. The molecule has 1 aromatic carbocycles. The molecule has 1 aliphatic rings. The minimum Gasteiger partial charge on any atom is -0.494 e. The van der Waals surface area contributed by atoms with Gasteiger partial charge in [0.1, 0.15) is 5.75 Å². The number of likely N-dealkylation sites (tertiary alicyclic amines) is 1. The predicted octanol–water partition coefficient (Wildman–Crippen LogP) is 4.23. The molecule has 1 saturated heterocycles. The lowest BCUT2D eigenvalue weighted by Crippen LogP contribution is -2.40. The normalized spacial score (nSPS) is 13.8. The second kappa shape index (κ2) is 11.4. The maximum absolute atomic E-state index is 13.5. The molecular formula is C29H31N7O4. The van der Waals surface area contributed by atoms with E-state index in [4.69, 9.17) is 14.9 Å². The summed E-state index contributed by atoms with van der Waals surface area (Å²) in [6.45, 7) is 4.78. The van der Waals surface area contributed by atoms with Gasteiger partial charge in [0.25, 0.3) is 11.7 Å². The summed E-state index contributed by atoms with van der Waals surface area (Å²) < 4.78 is 11.5. The largest absolute Gasteiger partial charge is 0.494 e. The number of pyridine rings is 1. The van der Waals surface area contributed by atoms with Gasteiger partial charge in [0, 0.05) is 43.2 Å². The number of piperidine rings is 1. The number of anilines is 1. The first kappa shape index (κ1) is 26.7. The molecule has 0 radical (unpaired) electrons. The smallest absolute Gasteiger partial charge is 0.295 e. The highest BCUT2D eigenvalue weighted by Crippen LogP contribution is 2.35. The first-order valence-corrected chi connectivity index (χ1v) is 13.0. The van der Waals surface area contributed by atoms with Crippen LogP contribution in [-0.2, 0) is 4.79 Å². The molecule has 1 aliphatic heterocycles. The van der Waals surface area contributed by atoms with Gasteiger partial charge in [0.05, 0.1) is 29.8 Å². The zero-order valence-corrected chi connectivity index (χ0v) is 22.6. The summed E-state index contributed by atoms with van der Waals surface area (Å²) in [6, 6.07) is 9.90. The summed E-state index contributed by atoms with van der Waals surface area (Å²) in [5, 5.41) is 12.0. The van der Waals surface area contributed by atoms with Crippen molar-refractivity contribution in [1.29, 1.82) is 0 Å². The molecule has 0 atom stereocenters. The number of Topliss-reactive ketones (excluding diaryl/α,β-unsaturated/α-hetero) is 1. The Morgan fingerprint density at radius 3 is 2.58 bits per heavy atom. The van der Waals surface area contributed by atoms with Crippen LogP contribution in [-0.4, -0.2) is 57.0 Å². The number of H-pyrrole nitrogens is 1. The van der Waals surface area contributed by atoms with Crippen LogP contribution in [0, 0.1) is 0 Å². The first-order valence-electron chi connectivity index (χ1n) is 13.0. The molecule has 40 heavy (non-hydrogen) atoms. The van der Waals surface area contributed by atoms with Crippen LogP contribution in [0.3, 0.4) is 0 Å². The lowest BCUT2D eigenvalue weighted by atomic mass is 9.92. The fraction of sp³-hybridized carbons (Fsp3) is 0.276. The van der Waals surface area contributed by atoms with E-state index in [1.807, 2.05) is 44.2 Å². The lowest BCUT2D eigenvalue weighted by Gasteiger charge is -2.29. The van der Waals surface area contributed by atoms with E-state index in [1.54, 1.807) is 4.90 Å². The quantitative estimate of drug-likeness (QED) is 0.220. The Hall–Kier alpha value is -4.93. The summed E-state index contributed by atoms with van der Waals surface area (Å²) in [5.74, 6) is 0.787. The van der Waals surface area contributed by atoms with Crippen LogP contribution in [0.15, 0.2) is 65.1 Å². The number of benzene rings is 1. The number of methoxy groups -OCH3 is 1. The van der Waals surface area contributed by atoms with E-state index >= 15 is 0 Å². The minimum atomic E-state index is -0.620. The molecular weight excluding hydrogens is 510 g/mol. The molecule has 4 N–H and O–H groups in total. The van der Waals surface area contributed by atoms with E-state index in [2.05, 4.69) is 25.5 Å². The van der Waals surface area contributed by atoms with Gasteiger partial charge in [0.2, 0.25) is 11.8 Å². The molecule has 0 unspecified atom stereocenters. The zero-order chi connectivity index (χ0) is 28.2. The predicted molar refractivity (Wildman–Crippen MR) is 151 cm³/mol. The third kappa shape index (κ3) is 5.05. The van der Waals surface area contributed by atoms with Crippen LogP contribution in [0.2, 0.25) is 0 Å². The zero-order valence-electron chi connectivity index (χ0n) is 22.6. The van der Waals surface area contributed by atoms with Gasteiger partial charge < -0.3 is 30.1 Å². The summed E-state index contributed by atoms with van der Waals surface area (Å²) >= 11 is 0. The summed E-state index contributed by atoms with van der Waals surface area (Å²) in [5.41, 5.74) is 9.15. The molecule has 4 aromatic rings. The standard InChI is InChI=1S/C29H31N7O4/c1-17(2)27-34-35-28(40-27)22(18-7-5-4-6-8-18)19-9-13-36(14-10-19)29(38)25(37)20-15-32-24-23(20)21(39-3)16-33-26(24)31-12-11-30/h4-8,11-12,15-17,32H,9-10,13-14,30H2,1-3H3,(H,31,33)/b12-11-. The number of amides is 1. The van der Waals surface area contributed by atoms with E-state index < -0.39 is 11.7 Å². The van der Waals surface area contributed by atoms with Crippen LogP contribution in [0.4, 0.5) is 5.82 Å². The van der Waals surface area contributed by atoms with Crippen molar-refractivity contribution < 1.29 is 18.7 Å². The molecule has 0 saturated carbocycles. The average Bonchev–Trinajstić information content (AvgIpc) is 3.65. The molecule has 1 amide bonds. The number of fused-ring (bicyclic) bond motifs is 1. The highest BCUT2D eigenvalue weighted by atomic mass is 16.5. The van der Waals surface area contributed by atoms with Gasteiger partial charge >= 0.3 is 0 Å². The van der Waals surface area contributed by atoms with Crippen molar-refractivity contribution in [2.24, 2.45) is 5.73 Å². The molecule has 0 bridgehead atoms. The van der Waals surface area contributed by atoms with Crippen LogP contribution >= 0.6 is 0 Å². The SMILES string of the molecule is COc1cnc(N/C=C\N)c2[nH]cc(C(=O)C(=O)N3CCC(=C(c4ccccc4)c4nnc(C(C)C)o4)CC3)c12. The van der Waals surface area contributed by atoms with Crippen molar-refractivity contribution in [1.82, 2.24) is 25.1 Å². The van der Waals surface area contributed by atoms with Crippen LogP contribution < -0.4 is 15.8 Å². The fourth-order valence-corrected chi connectivity index (χ4v) is 4.83. The third-order valence-electron chi connectivity index (χ3n) is 6.87. The monoisotopic (exact) mass is 541 g/mol. The highest BCUT2D eigenvalue weighted by Gasteiger charge is 2.31. The number of nitrogens with one attached hydrogen (secondary N) is 2. The van der Waals surface area contributed by atoms with Gasteiger partial charge in [0.15, 0.2) is 5.82 Å². The Bertz CT molecular complexity index is 1590. The molecule has 0 aliphatic carbocycles. The van der Waals surface area contributed by atoms with Gasteiger partial charge in [-0.25, -0.2) is 4.98 Å². The summed E-state index contributed by atoms with van der Waals surface area (Å²) in [6.07, 6.45) is 7.00. The summed E-state index contributed by atoms with van der Waals surface area (Å²) in [7, 11) is 1.49. The van der Waals surface area contributed by atoms with Crippen molar-refractivity contribution in [3.63, 3.8) is 0 Å². The van der Waals surface area contributed by atoms with Crippen LogP contribution in [0.1, 0.15) is 60.3 Å². The van der Waals surface area contributed by atoms with E-state index in [-0.39, 0.29) is 11.5 Å². The van der Waals surface area contributed by atoms with E-state index in [9.17, 15) is 9.59 Å². The number of rotatable bonds is 8. The van der Waals surface area contributed by atoms with Crippen molar-refractivity contribution >= 4 is 34.0 Å². The third-order valence-corrected chi connectivity index (χ3v) is 6.87.